The monoisotopic (exact) mass is 119 g/mol. The van der Waals surface area contributed by atoms with E-state index in [2.05, 4.69) is 10.1 Å². The Morgan fingerprint density at radius 1 is 1.56 bits per heavy atom. The number of fused-ring (bicyclic) bond motifs is 1. The Morgan fingerprint density at radius 2 is 2.56 bits per heavy atom. The summed E-state index contributed by atoms with van der Waals surface area (Å²) in [5.41, 5.74) is 0. The molecule has 3 nitrogen and oxygen atoms in total. The van der Waals surface area contributed by atoms with E-state index in [1.165, 1.54) is 0 Å². The molecule has 1 aliphatic heterocycles. The third-order valence-corrected chi connectivity index (χ3v) is 1.17. The summed E-state index contributed by atoms with van der Waals surface area (Å²) in [5.74, 6) is 0.887. The number of hydrogen-bond acceptors (Lipinski definition) is 2. The van der Waals surface area contributed by atoms with Gasteiger partial charge >= 0.3 is 5.82 Å². The van der Waals surface area contributed by atoms with Crippen LogP contribution >= 0.6 is 0 Å². The minimum Gasteiger partial charge on any atom is -0.102 e. The second kappa shape index (κ2) is 1.55. The van der Waals surface area contributed by atoms with E-state index in [0.717, 1.165) is 5.82 Å². The van der Waals surface area contributed by atoms with E-state index in [0.29, 0.717) is 0 Å². The first-order valence-corrected chi connectivity index (χ1v) is 2.71. The fourth-order valence-electron chi connectivity index (χ4n) is 0.764. The van der Waals surface area contributed by atoms with Crippen molar-refractivity contribution in [3.63, 3.8) is 0 Å². The maximum absolute atomic E-state index is 4.04. The Kier molecular flexibility index (Phi) is 0.773. The fraction of sp³-hybridized carbons (Fsp3) is 0. The van der Waals surface area contributed by atoms with E-state index >= 15 is 0 Å². The van der Waals surface area contributed by atoms with Gasteiger partial charge in [-0.25, -0.2) is 0 Å². The van der Waals surface area contributed by atoms with Crippen LogP contribution in [0.3, 0.4) is 0 Å². The molecule has 0 aromatic carbocycles. The minimum atomic E-state index is 0.887. The Bertz CT molecular complexity index is 243. The van der Waals surface area contributed by atoms with Crippen LogP contribution in [0.15, 0.2) is 18.3 Å². The molecule has 0 N–H and O–H groups in total. The van der Waals surface area contributed by atoms with E-state index in [4.69, 9.17) is 0 Å². The largest absolute Gasteiger partial charge is 0.349 e. The van der Waals surface area contributed by atoms with Crippen LogP contribution in [0.1, 0.15) is 0 Å². The van der Waals surface area contributed by atoms with Crippen LogP contribution in [0, 0.1) is 0 Å². The standard InChI is InChI=1S/C6H5N3/c1-3-7-6-2-4-8-9(6)5-1/h1-5H/q+1. The summed E-state index contributed by atoms with van der Waals surface area (Å²) in [5, 5.41) is 3.97. The van der Waals surface area contributed by atoms with E-state index in [-0.39, 0.29) is 0 Å². The molecule has 2 rings (SSSR count). The van der Waals surface area contributed by atoms with Crippen LogP contribution in [0.2, 0.25) is 0 Å². The third-order valence-electron chi connectivity index (χ3n) is 1.17. The molecule has 0 saturated carbocycles. The summed E-state index contributed by atoms with van der Waals surface area (Å²) >= 11 is 0. The van der Waals surface area contributed by atoms with Crippen molar-refractivity contribution in [1.29, 1.82) is 0 Å². The van der Waals surface area contributed by atoms with Crippen molar-refractivity contribution in [2.24, 2.45) is 0 Å². The van der Waals surface area contributed by atoms with Gasteiger partial charge in [0.25, 0.3) is 0 Å². The van der Waals surface area contributed by atoms with Crippen molar-refractivity contribution in [1.82, 2.24) is 14.8 Å². The van der Waals surface area contributed by atoms with Gasteiger partial charge in [0, 0.05) is 6.08 Å². The van der Waals surface area contributed by atoms with Gasteiger partial charge in [0.2, 0.25) is 0 Å². The Labute approximate surface area is 52.3 Å². The maximum Gasteiger partial charge on any atom is 0.349 e. The van der Waals surface area contributed by atoms with Crippen molar-refractivity contribution in [3.05, 3.63) is 18.3 Å². The molecule has 2 heterocycles. The molecule has 0 fully saturated rings. The highest BCUT2D eigenvalue weighted by Crippen LogP contribution is 2.05. The van der Waals surface area contributed by atoms with Crippen LogP contribution in [-0.2, 0) is 0 Å². The summed E-state index contributed by atoms with van der Waals surface area (Å²) < 4.78 is 1.72. The number of aliphatic imine (C=N–C) groups is 1. The van der Waals surface area contributed by atoms with Gasteiger partial charge in [0.05, 0.1) is 12.3 Å². The van der Waals surface area contributed by atoms with Crippen LogP contribution in [-0.4, -0.2) is 16.0 Å². The van der Waals surface area contributed by atoms with Gasteiger partial charge in [-0.2, -0.15) is 0 Å². The van der Waals surface area contributed by atoms with E-state index < -0.39 is 0 Å². The van der Waals surface area contributed by atoms with E-state index in [9.17, 15) is 0 Å². The van der Waals surface area contributed by atoms with Gasteiger partial charge in [0.1, 0.15) is 12.4 Å². The average molecular weight is 119 g/mol. The molecule has 1 radical (unpaired) electrons. The summed E-state index contributed by atoms with van der Waals surface area (Å²) in [6.45, 7) is 0. The molecule has 0 aliphatic carbocycles. The SMILES string of the molecule is C1=Cn2nccc2[N+]=C1. The molecule has 1 aromatic heterocycles. The molecule has 1 aliphatic rings. The van der Waals surface area contributed by atoms with Gasteiger partial charge in [0.15, 0.2) is 0 Å². The first-order valence-electron chi connectivity index (χ1n) is 2.71. The lowest BCUT2D eigenvalue weighted by Gasteiger charge is -1.84. The van der Waals surface area contributed by atoms with Crippen molar-refractivity contribution in [2.75, 3.05) is 0 Å². The zero-order valence-corrected chi connectivity index (χ0v) is 4.73. The number of rotatable bonds is 0. The van der Waals surface area contributed by atoms with Crippen molar-refractivity contribution in [3.8, 4) is 0 Å². The molecule has 0 saturated heterocycles. The molecule has 0 atom stereocenters. The Hall–Kier alpha value is -1.38. The highest BCUT2D eigenvalue weighted by molar-refractivity contribution is 5.78. The zero-order valence-electron chi connectivity index (χ0n) is 4.73. The predicted octanol–water partition coefficient (Wildman–Crippen LogP) is 0.405. The van der Waals surface area contributed by atoms with Crippen LogP contribution < -0.4 is 4.99 Å². The quantitative estimate of drug-likeness (QED) is 0.486. The lowest BCUT2D eigenvalue weighted by Crippen LogP contribution is -1.97. The second-order valence-corrected chi connectivity index (χ2v) is 1.75. The maximum atomic E-state index is 4.04. The van der Waals surface area contributed by atoms with Gasteiger partial charge < -0.3 is 0 Å². The van der Waals surface area contributed by atoms with Gasteiger partial charge in [-0.1, -0.05) is 5.10 Å². The Balaban J connectivity index is 2.68. The molecule has 3 heteroatoms. The lowest BCUT2D eigenvalue weighted by molar-refractivity contribution is 0.916. The van der Waals surface area contributed by atoms with Crippen LogP contribution in [0.25, 0.3) is 6.20 Å². The van der Waals surface area contributed by atoms with E-state index in [1.807, 2.05) is 18.3 Å². The highest BCUT2D eigenvalue weighted by atomic mass is 15.3. The third kappa shape index (κ3) is 0.579. The van der Waals surface area contributed by atoms with Crippen LogP contribution in [0.5, 0.6) is 0 Å². The lowest BCUT2D eigenvalue weighted by atomic mass is 10.5. The molecule has 0 spiro atoms. The predicted molar refractivity (Wildman–Crippen MR) is 35.4 cm³/mol. The van der Waals surface area contributed by atoms with Crippen molar-refractivity contribution < 1.29 is 0 Å². The summed E-state index contributed by atoms with van der Waals surface area (Å²) in [7, 11) is 0. The summed E-state index contributed by atoms with van der Waals surface area (Å²) in [4.78, 5) is 4.04. The number of nitrogens with zero attached hydrogens (tertiary/aromatic N) is 3. The Morgan fingerprint density at radius 3 is 3.44 bits per heavy atom. The number of allylic oxidation sites excluding steroid dienone is 1. The minimum absolute atomic E-state index is 0.887. The van der Waals surface area contributed by atoms with Gasteiger partial charge in [-0.15, -0.1) is 4.68 Å². The van der Waals surface area contributed by atoms with Crippen LogP contribution in [0.4, 0.5) is 5.82 Å². The highest BCUT2D eigenvalue weighted by Gasteiger charge is 2.09. The first-order chi connectivity index (χ1) is 4.47. The van der Waals surface area contributed by atoms with E-state index in [1.54, 1.807) is 17.1 Å². The molecule has 0 bridgehead atoms. The normalized spacial score (nSPS) is 13.8. The topological polar surface area (TPSA) is 31.9 Å². The average Bonchev–Trinajstić information content (AvgIpc) is 2.33. The van der Waals surface area contributed by atoms with Gasteiger partial charge in [-0.3, -0.25) is 0 Å². The molecule has 1 aromatic rings. The van der Waals surface area contributed by atoms with Crippen molar-refractivity contribution >= 4 is 18.2 Å². The molecule has 0 amide bonds. The zero-order chi connectivity index (χ0) is 6.10. The molecular weight excluding hydrogens is 114 g/mol. The summed E-state index contributed by atoms with van der Waals surface area (Å²) in [6, 6.07) is 1.86. The first kappa shape index (κ1) is 4.49. The second-order valence-electron chi connectivity index (χ2n) is 1.75. The fourth-order valence-corrected chi connectivity index (χ4v) is 0.764. The summed E-state index contributed by atoms with van der Waals surface area (Å²) in [6.07, 6.45) is 7.18. The van der Waals surface area contributed by atoms with Gasteiger partial charge in [-0.05, 0) is 4.99 Å². The molecule has 43 valence electrons. The number of hydrogen-bond donors (Lipinski definition) is 0. The molecular formula is C6H5N3+. The smallest absolute Gasteiger partial charge is 0.102 e. The van der Waals surface area contributed by atoms with Crippen molar-refractivity contribution in [2.45, 2.75) is 0 Å². The number of aromatic nitrogens is 2. The molecule has 0 unspecified atom stereocenters. The molecule has 9 heavy (non-hydrogen) atoms.